The van der Waals surface area contributed by atoms with Crippen molar-refractivity contribution in [2.24, 2.45) is 5.92 Å². The van der Waals surface area contributed by atoms with Gasteiger partial charge >= 0.3 is 12.0 Å². The third-order valence-corrected chi connectivity index (χ3v) is 6.31. The van der Waals surface area contributed by atoms with Crippen LogP contribution in [-0.4, -0.2) is 41.1 Å². The van der Waals surface area contributed by atoms with Gasteiger partial charge in [-0.2, -0.15) is 0 Å². The van der Waals surface area contributed by atoms with E-state index in [1.807, 2.05) is 23.1 Å². The first-order valence-corrected chi connectivity index (χ1v) is 9.79. The number of likely N-dealkylation sites (tertiary alicyclic amines) is 1. The lowest BCUT2D eigenvalue weighted by Crippen LogP contribution is -2.51. The zero-order chi connectivity index (χ0) is 18.7. The fourth-order valence-electron chi connectivity index (χ4n) is 4.11. The van der Waals surface area contributed by atoms with Crippen molar-refractivity contribution < 1.29 is 14.7 Å². The number of carboxylic acid groups (broad SMARTS) is 1. The van der Waals surface area contributed by atoms with Crippen LogP contribution < -0.4 is 5.32 Å². The molecule has 5 nitrogen and oxygen atoms in total. The maximum atomic E-state index is 12.6. The molecule has 6 heteroatoms. The summed E-state index contributed by atoms with van der Waals surface area (Å²) in [5.41, 5.74) is 1.28. The smallest absolute Gasteiger partial charge is 0.317 e. The number of hydrogen-bond donors (Lipinski definition) is 2. The molecule has 2 fully saturated rings. The summed E-state index contributed by atoms with van der Waals surface area (Å²) in [6, 6.07) is 8.09. The summed E-state index contributed by atoms with van der Waals surface area (Å²) in [4.78, 5) is 25.5. The van der Waals surface area contributed by atoms with E-state index in [-0.39, 0.29) is 23.4 Å². The monoisotopic (exact) mass is 378 g/mol. The standard InChI is InChI=1S/C20H27ClN2O3/c1-20(15-3-2-4-16(21)13-15)9-11-23(12-10-20)19(26)22-17-7-5-14(6-8-17)18(24)25/h2-4,13-14,17H,5-12H2,1H3,(H,22,26)(H,24,25). The zero-order valence-corrected chi connectivity index (χ0v) is 16.0. The molecule has 0 radical (unpaired) electrons. The Morgan fingerprint density at radius 3 is 2.42 bits per heavy atom. The minimum atomic E-state index is -0.717. The highest BCUT2D eigenvalue weighted by atomic mass is 35.5. The number of carboxylic acids is 1. The predicted octanol–water partition coefficient (Wildman–Crippen LogP) is 4.05. The molecule has 1 saturated heterocycles. The minimum absolute atomic E-state index is 0.0167. The number of nitrogens with zero attached hydrogens (tertiary/aromatic N) is 1. The lowest BCUT2D eigenvalue weighted by atomic mass is 9.74. The summed E-state index contributed by atoms with van der Waals surface area (Å²) in [6.45, 7) is 3.68. The Balaban J connectivity index is 1.50. The van der Waals surface area contributed by atoms with Crippen molar-refractivity contribution >= 4 is 23.6 Å². The van der Waals surface area contributed by atoms with Crippen LogP contribution in [0.25, 0.3) is 0 Å². The van der Waals surface area contributed by atoms with Gasteiger partial charge in [0.05, 0.1) is 5.92 Å². The van der Waals surface area contributed by atoms with Gasteiger partial charge in [-0.1, -0.05) is 30.7 Å². The molecule has 0 bridgehead atoms. The molecule has 1 aliphatic carbocycles. The molecule has 142 valence electrons. The normalized spacial score (nSPS) is 25.5. The van der Waals surface area contributed by atoms with E-state index in [0.717, 1.165) is 43.8 Å². The molecule has 0 aromatic heterocycles. The largest absolute Gasteiger partial charge is 0.481 e. The number of hydrogen-bond acceptors (Lipinski definition) is 2. The van der Waals surface area contributed by atoms with Gasteiger partial charge < -0.3 is 15.3 Å². The van der Waals surface area contributed by atoms with E-state index >= 15 is 0 Å². The Hall–Kier alpha value is -1.75. The van der Waals surface area contributed by atoms with Gasteiger partial charge in [-0.05, 0) is 61.6 Å². The number of amides is 2. The number of halogens is 1. The highest BCUT2D eigenvalue weighted by Gasteiger charge is 2.34. The third-order valence-electron chi connectivity index (χ3n) is 6.08. The van der Waals surface area contributed by atoms with Crippen LogP contribution in [0.2, 0.25) is 5.02 Å². The molecule has 1 saturated carbocycles. The number of carbonyl (C=O) groups is 2. The number of nitrogens with one attached hydrogen (secondary N) is 1. The van der Waals surface area contributed by atoms with Crippen molar-refractivity contribution in [2.45, 2.75) is 56.9 Å². The minimum Gasteiger partial charge on any atom is -0.481 e. The fraction of sp³-hybridized carbons (Fsp3) is 0.600. The molecule has 2 N–H and O–H groups in total. The molecule has 3 rings (SSSR count). The van der Waals surface area contributed by atoms with Crippen LogP contribution in [0.3, 0.4) is 0 Å². The van der Waals surface area contributed by atoms with Gasteiger partial charge in [0.15, 0.2) is 0 Å². The molecule has 2 aliphatic rings. The average Bonchev–Trinajstić information content (AvgIpc) is 2.62. The van der Waals surface area contributed by atoms with Crippen molar-refractivity contribution in [3.05, 3.63) is 34.9 Å². The van der Waals surface area contributed by atoms with Crippen molar-refractivity contribution in [3.8, 4) is 0 Å². The highest BCUT2D eigenvalue weighted by Crippen LogP contribution is 2.36. The second kappa shape index (κ2) is 7.87. The summed E-state index contributed by atoms with van der Waals surface area (Å²) in [5.74, 6) is -0.970. The van der Waals surface area contributed by atoms with Crippen molar-refractivity contribution in [1.29, 1.82) is 0 Å². The van der Waals surface area contributed by atoms with Crippen LogP contribution in [-0.2, 0) is 10.2 Å². The van der Waals surface area contributed by atoms with Crippen LogP contribution in [0.1, 0.15) is 51.0 Å². The molecule has 26 heavy (non-hydrogen) atoms. The fourth-order valence-corrected chi connectivity index (χ4v) is 4.30. The Morgan fingerprint density at radius 2 is 1.85 bits per heavy atom. The first-order valence-electron chi connectivity index (χ1n) is 9.42. The number of benzene rings is 1. The number of carbonyl (C=O) groups excluding carboxylic acids is 1. The van der Waals surface area contributed by atoms with Crippen LogP contribution in [0, 0.1) is 5.92 Å². The summed E-state index contributed by atoms with van der Waals surface area (Å²) >= 11 is 6.13. The van der Waals surface area contributed by atoms with Gasteiger partial charge in [0.2, 0.25) is 0 Å². The Morgan fingerprint density at radius 1 is 1.19 bits per heavy atom. The van der Waals surface area contributed by atoms with E-state index in [0.29, 0.717) is 12.8 Å². The van der Waals surface area contributed by atoms with E-state index < -0.39 is 5.97 Å². The summed E-state index contributed by atoms with van der Waals surface area (Å²) < 4.78 is 0. The van der Waals surface area contributed by atoms with E-state index in [4.69, 9.17) is 16.7 Å². The van der Waals surface area contributed by atoms with E-state index in [9.17, 15) is 9.59 Å². The number of aliphatic carboxylic acids is 1. The second-order valence-electron chi connectivity index (χ2n) is 7.89. The average molecular weight is 379 g/mol. The molecule has 1 aromatic rings. The first kappa shape index (κ1) is 19.0. The molecule has 1 heterocycles. The molecule has 2 amide bonds. The molecule has 0 spiro atoms. The Kier molecular flexibility index (Phi) is 5.76. The lowest BCUT2D eigenvalue weighted by molar-refractivity contribution is -0.142. The van der Waals surface area contributed by atoms with Crippen LogP contribution in [0.5, 0.6) is 0 Å². The van der Waals surface area contributed by atoms with Gasteiger partial charge in [-0.15, -0.1) is 0 Å². The van der Waals surface area contributed by atoms with Crippen molar-refractivity contribution in [2.75, 3.05) is 13.1 Å². The summed E-state index contributed by atoms with van der Waals surface area (Å²) in [6.07, 6.45) is 4.60. The van der Waals surface area contributed by atoms with Gasteiger partial charge in [-0.3, -0.25) is 4.79 Å². The number of urea groups is 1. The lowest BCUT2D eigenvalue weighted by Gasteiger charge is -2.40. The van der Waals surface area contributed by atoms with Gasteiger partial charge in [0, 0.05) is 24.2 Å². The van der Waals surface area contributed by atoms with Crippen molar-refractivity contribution in [1.82, 2.24) is 10.2 Å². The van der Waals surface area contributed by atoms with E-state index in [2.05, 4.69) is 18.3 Å². The number of rotatable bonds is 3. The van der Waals surface area contributed by atoms with Crippen molar-refractivity contribution in [3.63, 3.8) is 0 Å². The topological polar surface area (TPSA) is 69.6 Å². The van der Waals surface area contributed by atoms with Gasteiger partial charge in [0.1, 0.15) is 0 Å². The van der Waals surface area contributed by atoms with Gasteiger partial charge in [0.25, 0.3) is 0 Å². The summed E-state index contributed by atoms with van der Waals surface area (Å²) in [7, 11) is 0. The molecular formula is C20H27ClN2O3. The van der Waals surface area contributed by atoms with E-state index in [1.54, 1.807) is 0 Å². The second-order valence-corrected chi connectivity index (χ2v) is 8.33. The molecule has 0 atom stereocenters. The third kappa shape index (κ3) is 4.32. The Bertz CT molecular complexity index is 663. The summed E-state index contributed by atoms with van der Waals surface area (Å²) in [5, 5.41) is 12.9. The van der Waals surface area contributed by atoms with Gasteiger partial charge in [-0.25, -0.2) is 4.79 Å². The zero-order valence-electron chi connectivity index (χ0n) is 15.2. The first-order chi connectivity index (χ1) is 12.4. The molecular weight excluding hydrogens is 352 g/mol. The number of piperidine rings is 1. The maximum absolute atomic E-state index is 12.6. The van der Waals surface area contributed by atoms with Crippen LogP contribution in [0.15, 0.2) is 24.3 Å². The van der Waals surface area contributed by atoms with Crippen LogP contribution in [0.4, 0.5) is 4.79 Å². The van der Waals surface area contributed by atoms with Crippen LogP contribution >= 0.6 is 11.6 Å². The highest BCUT2D eigenvalue weighted by molar-refractivity contribution is 6.30. The Labute approximate surface area is 159 Å². The quantitative estimate of drug-likeness (QED) is 0.833. The molecule has 1 aliphatic heterocycles. The molecule has 0 unspecified atom stereocenters. The maximum Gasteiger partial charge on any atom is 0.317 e. The predicted molar refractivity (Wildman–Crippen MR) is 102 cm³/mol. The van der Waals surface area contributed by atoms with E-state index in [1.165, 1.54) is 5.56 Å². The SMILES string of the molecule is CC1(c2cccc(Cl)c2)CCN(C(=O)NC2CCC(C(=O)O)CC2)CC1. The molecule has 1 aromatic carbocycles.